The lowest BCUT2D eigenvalue weighted by atomic mass is 10.1. The van der Waals surface area contributed by atoms with Crippen molar-refractivity contribution < 1.29 is 13.9 Å². The maximum absolute atomic E-state index is 13.5. The van der Waals surface area contributed by atoms with E-state index in [1.165, 1.54) is 23.9 Å². The van der Waals surface area contributed by atoms with Crippen molar-refractivity contribution in [2.75, 3.05) is 32.5 Å². The van der Waals surface area contributed by atoms with E-state index in [1.54, 1.807) is 6.07 Å². The molecule has 2 aromatic rings. The minimum absolute atomic E-state index is 0.0956. The lowest BCUT2D eigenvalue weighted by molar-refractivity contribution is 0.0498. The number of hydrogen-bond donors (Lipinski definition) is 1. The van der Waals surface area contributed by atoms with Gasteiger partial charge in [-0.1, -0.05) is 17.8 Å². The molecule has 1 aromatic heterocycles. The number of halogens is 2. The molecule has 0 unspecified atom stereocenters. The molecule has 3 rings (SSSR count). The second-order valence-electron chi connectivity index (χ2n) is 6.70. The summed E-state index contributed by atoms with van der Waals surface area (Å²) in [6.07, 6.45) is 6.30. The number of aromatic nitrogens is 2. The predicted molar refractivity (Wildman–Crippen MR) is 101 cm³/mol. The molecule has 0 bridgehead atoms. The van der Waals surface area contributed by atoms with Crippen molar-refractivity contribution in [3.05, 3.63) is 53.4 Å². The maximum Gasteiger partial charge on any atom is 0.187 e. The monoisotopic (exact) mass is 394 g/mol. The van der Waals surface area contributed by atoms with Crippen molar-refractivity contribution in [1.82, 2.24) is 19.8 Å². The maximum atomic E-state index is 13.5. The minimum atomic E-state index is -0.829. The van der Waals surface area contributed by atoms with Gasteiger partial charge >= 0.3 is 0 Å². The highest BCUT2D eigenvalue weighted by atomic mass is 32.2. The molecule has 8 heteroatoms. The van der Waals surface area contributed by atoms with Gasteiger partial charge in [0.15, 0.2) is 16.8 Å². The van der Waals surface area contributed by atoms with E-state index >= 15 is 0 Å². The lowest BCUT2D eigenvalue weighted by Crippen LogP contribution is -2.52. The Morgan fingerprint density at radius 1 is 1.11 bits per heavy atom. The van der Waals surface area contributed by atoms with Crippen molar-refractivity contribution in [3.63, 3.8) is 0 Å². The van der Waals surface area contributed by atoms with Gasteiger partial charge in [0.2, 0.25) is 0 Å². The summed E-state index contributed by atoms with van der Waals surface area (Å²) >= 11 is 1.51. The number of nitrogens with zero attached hydrogens (tertiary/aromatic N) is 4. The van der Waals surface area contributed by atoms with E-state index in [1.807, 2.05) is 18.6 Å². The predicted octanol–water partition coefficient (Wildman–Crippen LogP) is 2.55. The van der Waals surface area contributed by atoms with E-state index in [2.05, 4.69) is 19.8 Å². The molecule has 2 heterocycles. The van der Waals surface area contributed by atoms with E-state index in [9.17, 15) is 13.9 Å². The van der Waals surface area contributed by atoms with Gasteiger partial charge in [0.25, 0.3) is 0 Å². The van der Waals surface area contributed by atoms with Gasteiger partial charge in [0.05, 0.1) is 0 Å². The molecule has 27 heavy (non-hydrogen) atoms. The van der Waals surface area contributed by atoms with Gasteiger partial charge < -0.3 is 5.11 Å². The van der Waals surface area contributed by atoms with E-state index in [-0.39, 0.29) is 12.6 Å². The molecule has 5 nitrogen and oxygen atoms in total. The fraction of sp³-hybridized carbons (Fsp3) is 0.474. The number of hydrogen-bond acceptors (Lipinski definition) is 6. The Kier molecular flexibility index (Phi) is 7.12. The molecule has 0 amide bonds. The van der Waals surface area contributed by atoms with Crippen LogP contribution in [0.5, 0.6) is 0 Å². The molecule has 1 atom stereocenters. The number of piperazine rings is 1. The summed E-state index contributed by atoms with van der Waals surface area (Å²) in [4.78, 5) is 13.2. The van der Waals surface area contributed by atoms with Crippen molar-refractivity contribution in [2.24, 2.45) is 0 Å². The summed E-state index contributed by atoms with van der Waals surface area (Å²) in [6.45, 7) is 3.85. The van der Waals surface area contributed by atoms with Gasteiger partial charge in [0, 0.05) is 63.3 Å². The minimum Gasteiger partial charge on any atom is -0.396 e. The second-order valence-corrected chi connectivity index (χ2v) is 7.47. The summed E-state index contributed by atoms with van der Waals surface area (Å²) in [5, 5.41) is 10.2. The summed E-state index contributed by atoms with van der Waals surface area (Å²) in [5.74, 6) is -1.65. The second kappa shape index (κ2) is 9.54. The fourth-order valence-corrected chi connectivity index (χ4v) is 3.71. The Balaban J connectivity index is 1.62. The smallest absolute Gasteiger partial charge is 0.187 e. The Morgan fingerprint density at radius 2 is 1.89 bits per heavy atom. The van der Waals surface area contributed by atoms with Gasteiger partial charge in [0.1, 0.15) is 0 Å². The zero-order valence-corrected chi connectivity index (χ0v) is 16.1. The van der Waals surface area contributed by atoms with E-state index in [0.29, 0.717) is 13.0 Å². The summed E-state index contributed by atoms with van der Waals surface area (Å²) in [6, 6.07) is 4.19. The molecule has 1 aliphatic heterocycles. The van der Waals surface area contributed by atoms with Gasteiger partial charge in [-0.3, -0.25) is 9.80 Å². The number of thioether (sulfide) groups is 1. The van der Waals surface area contributed by atoms with Crippen LogP contribution in [0, 0.1) is 11.6 Å². The average molecular weight is 394 g/mol. The molecule has 1 saturated heterocycles. The fourth-order valence-electron chi connectivity index (χ4n) is 3.39. The number of aliphatic hydroxyl groups excluding tert-OH is 1. The molecule has 146 valence electrons. The van der Waals surface area contributed by atoms with Gasteiger partial charge in [-0.25, -0.2) is 18.7 Å². The zero-order valence-electron chi connectivity index (χ0n) is 15.3. The van der Waals surface area contributed by atoms with Crippen LogP contribution in [0.25, 0.3) is 0 Å². The molecule has 0 radical (unpaired) electrons. The highest BCUT2D eigenvalue weighted by Gasteiger charge is 2.27. The third-order valence-corrected chi connectivity index (χ3v) is 5.37. The first-order chi connectivity index (χ1) is 13.1. The van der Waals surface area contributed by atoms with Crippen molar-refractivity contribution >= 4 is 11.8 Å². The molecule has 1 N–H and O–H groups in total. The highest BCUT2D eigenvalue weighted by molar-refractivity contribution is 7.98. The molecule has 0 spiro atoms. The molecule has 1 aromatic carbocycles. The zero-order chi connectivity index (χ0) is 19.2. The molecular formula is C19H24F2N4OS. The quantitative estimate of drug-likeness (QED) is 0.575. The average Bonchev–Trinajstić information content (AvgIpc) is 2.67. The summed E-state index contributed by atoms with van der Waals surface area (Å²) < 4.78 is 26.6. The molecule has 0 aliphatic carbocycles. The third kappa shape index (κ3) is 5.44. The van der Waals surface area contributed by atoms with Crippen LogP contribution in [0.15, 0.2) is 35.7 Å². The highest BCUT2D eigenvalue weighted by Crippen LogP contribution is 2.19. The van der Waals surface area contributed by atoms with Crippen LogP contribution in [0.3, 0.4) is 0 Å². The Hall–Kier alpha value is -1.61. The summed E-state index contributed by atoms with van der Waals surface area (Å²) in [5.41, 5.74) is 1.80. The first-order valence-corrected chi connectivity index (χ1v) is 10.2. The molecule has 1 fully saturated rings. The van der Waals surface area contributed by atoms with Gasteiger partial charge in [-0.15, -0.1) is 0 Å². The van der Waals surface area contributed by atoms with Crippen molar-refractivity contribution in [2.45, 2.75) is 30.7 Å². The van der Waals surface area contributed by atoms with Gasteiger partial charge in [-0.2, -0.15) is 0 Å². The van der Waals surface area contributed by atoms with Crippen LogP contribution in [0.2, 0.25) is 0 Å². The van der Waals surface area contributed by atoms with E-state index in [4.69, 9.17) is 0 Å². The molecule has 0 saturated carbocycles. The van der Waals surface area contributed by atoms with Crippen LogP contribution >= 0.6 is 11.8 Å². The number of rotatable bonds is 7. The van der Waals surface area contributed by atoms with Crippen molar-refractivity contribution in [1.29, 1.82) is 0 Å². The van der Waals surface area contributed by atoms with Crippen LogP contribution in [0.1, 0.15) is 17.5 Å². The van der Waals surface area contributed by atoms with E-state index < -0.39 is 11.6 Å². The molecule has 1 aliphatic rings. The lowest BCUT2D eigenvalue weighted by Gasteiger charge is -2.41. The van der Waals surface area contributed by atoms with Crippen molar-refractivity contribution in [3.8, 4) is 0 Å². The normalized spacial score (nSPS) is 18.7. The number of benzene rings is 1. The Labute approximate surface area is 162 Å². The van der Waals surface area contributed by atoms with Crippen LogP contribution in [-0.2, 0) is 13.1 Å². The van der Waals surface area contributed by atoms with E-state index in [0.717, 1.165) is 42.5 Å². The topological polar surface area (TPSA) is 52.5 Å². The molecular weight excluding hydrogens is 370 g/mol. The summed E-state index contributed by atoms with van der Waals surface area (Å²) in [7, 11) is 0. The largest absolute Gasteiger partial charge is 0.396 e. The first kappa shape index (κ1) is 20.1. The standard InChI is InChI=1S/C19H24F2N4OS/c1-27-19-22-9-15(10-23-19)11-24-5-6-25(16(13-24)4-7-26)12-14-2-3-17(20)18(21)8-14/h2-3,8-10,16,26H,4-7,11-13H2,1H3/t16-/m1/s1. The Morgan fingerprint density at radius 3 is 2.56 bits per heavy atom. The third-order valence-electron chi connectivity index (χ3n) is 4.79. The first-order valence-electron chi connectivity index (χ1n) is 8.95. The van der Waals surface area contributed by atoms with Crippen LogP contribution < -0.4 is 0 Å². The number of aliphatic hydroxyl groups is 1. The van der Waals surface area contributed by atoms with Crippen LogP contribution in [0.4, 0.5) is 8.78 Å². The van der Waals surface area contributed by atoms with Gasteiger partial charge in [-0.05, 0) is 30.4 Å². The Bertz CT molecular complexity index is 747. The SMILES string of the molecule is CSc1ncc(CN2CCN(Cc3ccc(F)c(F)c3)[C@H](CCO)C2)cn1. The van der Waals surface area contributed by atoms with Crippen LogP contribution in [-0.4, -0.2) is 63.4 Å².